The van der Waals surface area contributed by atoms with Crippen molar-refractivity contribution >= 4 is 11.6 Å². The minimum absolute atomic E-state index is 0.231. The van der Waals surface area contributed by atoms with Gasteiger partial charge in [-0.05, 0) is 55.2 Å². The number of carbonyl (C=O) groups is 1. The van der Waals surface area contributed by atoms with Crippen molar-refractivity contribution in [2.24, 2.45) is 0 Å². The molecule has 0 spiro atoms. The highest BCUT2D eigenvalue weighted by molar-refractivity contribution is 6.12. The van der Waals surface area contributed by atoms with E-state index in [1.54, 1.807) is 12.4 Å². The maximum absolute atomic E-state index is 13.1. The first-order chi connectivity index (χ1) is 13.6. The second-order valence-electron chi connectivity index (χ2n) is 7.37. The predicted molar refractivity (Wildman–Crippen MR) is 103 cm³/mol. The number of aromatic nitrogens is 3. The molecule has 0 aliphatic carbocycles. The van der Waals surface area contributed by atoms with Crippen LogP contribution in [0.2, 0.25) is 0 Å². The molecule has 150 valence electrons. The molecular formula is C21H19F3N4O. The van der Waals surface area contributed by atoms with Crippen LogP contribution in [0.25, 0.3) is 11.1 Å². The van der Waals surface area contributed by atoms with Crippen LogP contribution in [-0.4, -0.2) is 26.8 Å². The van der Waals surface area contributed by atoms with E-state index in [-0.39, 0.29) is 11.9 Å². The van der Waals surface area contributed by atoms with Gasteiger partial charge >= 0.3 is 6.18 Å². The van der Waals surface area contributed by atoms with Crippen molar-refractivity contribution in [1.29, 1.82) is 0 Å². The summed E-state index contributed by atoms with van der Waals surface area (Å²) in [5.41, 5.74) is 5.53. The van der Waals surface area contributed by atoms with Crippen molar-refractivity contribution in [3.63, 3.8) is 0 Å². The molecule has 1 atom stereocenters. The fourth-order valence-electron chi connectivity index (χ4n) is 3.84. The quantitative estimate of drug-likeness (QED) is 0.632. The Labute approximate surface area is 165 Å². The molecule has 5 nitrogen and oxygen atoms in total. The number of halogens is 3. The van der Waals surface area contributed by atoms with Crippen LogP contribution in [0, 0.1) is 13.8 Å². The van der Waals surface area contributed by atoms with E-state index in [0.717, 1.165) is 32.5 Å². The van der Waals surface area contributed by atoms with Crippen molar-refractivity contribution in [1.82, 2.24) is 14.8 Å². The van der Waals surface area contributed by atoms with Crippen LogP contribution in [0.15, 0.2) is 43.0 Å². The molecule has 1 aliphatic rings. The SMILES string of the molecule is Cc1cncc(-c2cc(C)c3c(c2)C(C)N(c2cnn(CC(F)(F)F)c2)C3=O)c1. The van der Waals surface area contributed by atoms with E-state index in [1.165, 1.54) is 17.3 Å². The summed E-state index contributed by atoms with van der Waals surface area (Å²) in [4.78, 5) is 18.8. The summed E-state index contributed by atoms with van der Waals surface area (Å²) in [7, 11) is 0. The highest BCUT2D eigenvalue weighted by Crippen LogP contribution is 2.40. The lowest BCUT2D eigenvalue weighted by Gasteiger charge is -2.20. The third-order valence-corrected chi connectivity index (χ3v) is 5.08. The van der Waals surface area contributed by atoms with Gasteiger partial charge in [0.05, 0.1) is 17.9 Å². The van der Waals surface area contributed by atoms with Gasteiger partial charge in [0.25, 0.3) is 5.91 Å². The van der Waals surface area contributed by atoms with Crippen LogP contribution in [0.1, 0.15) is 40.0 Å². The highest BCUT2D eigenvalue weighted by Gasteiger charge is 2.37. The van der Waals surface area contributed by atoms with Crippen LogP contribution in [-0.2, 0) is 6.54 Å². The number of anilines is 1. The van der Waals surface area contributed by atoms with Gasteiger partial charge in [-0.3, -0.25) is 19.4 Å². The third-order valence-electron chi connectivity index (χ3n) is 5.08. The molecule has 0 saturated carbocycles. The molecule has 1 aromatic carbocycles. The summed E-state index contributed by atoms with van der Waals surface area (Å²) in [6, 6.07) is 5.60. The van der Waals surface area contributed by atoms with Gasteiger partial charge in [0.15, 0.2) is 0 Å². The van der Waals surface area contributed by atoms with Gasteiger partial charge in [0, 0.05) is 29.7 Å². The normalized spacial score (nSPS) is 16.4. The minimum atomic E-state index is -4.37. The molecule has 4 rings (SSSR count). The van der Waals surface area contributed by atoms with Crippen LogP contribution in [0.3, 0.4) is 0 Å². The van der Waals surface area contributed by atoms with E-state index in [0.29, 0.717) is 11.3 Å². The maximum atomic E-state index is 13.1. The number of nitrogens with zero attached hydrogens (tertiary/aromatic N) is 4. The molecule has 3 aromatic rings. The van der Waals surface area contributed by atoms with Crippen molar-refractivity contribution in [3.8, 4) is 11.1 Å². The molecule has 1 unspecified atom stereocenters. The second-order valence-corrected chi connectivity index (χ2v) is 7.37. The molecule has 1 amide bonds. The van der Waals surface area contributed by atoms with Gasteiger partial charge in [-0.25, -0.2) is 0 Å². The molecule has 0 saturated heterocycles. The fraction of sp³-hybridized carbons (Fsp3) is 0.286. The van der Waals surface area contributed by atoms with Gasteiger partial charge in [-0.1, -0.05) is 6.07 Å². The zero-order chi connectivity index (χ0) is 20.9. The Balaban J connectivity index is 1.72. The summed E-state index contributed by atoms with van der Waals surface area (Å²) >= 11 is 0. The average molecular weight is 400 g/mol. The maximum Gasteiger partial charge on any atom is 0.408 e. The Hall–Kier alpha value is -3.16. The number of fused-ring (bicyclic) bond motifs is 1. The Kier molecular flexibility index (Phi) is 4.44. The number of rotatable bonds is 3. The third kappa shape index (κ3) is 3.50. The molecule has 0 radical (unpaired) electrons. The monoisotopic (exact) mass is 400 g/mol. The Morgan fingerprint density at radius 2 is 1.83 bits per heavy atom. The number of hydrogen-bond acceptors (Lipinski definition) is 3. The summed E-state index contributed by atoms with van der Waals surface area (Å²) in [6.45, 7) is 4.50. The molecule has 1 aliphatic heterocycles. The standard InChI is InChI=1S/C21H19F3N4O/c1-12-4-16(8-25-7-12)15-5-13(2)19-18(6-15)14(3)28(20(19)29)17-9-26-27(10-17)11-21(22,23)24/h4-10,14H,11H2,1-3H3. The van der Waals surface area contributed by atoms with Gasteiger partial charge in [-0.2, -0.15) is 18.3 Å². The number of hydrogen-bond donors (Lipinski definition) is 0. The van der Waals surface area contributed by atoms with Gasteiger partial charge in [0.2, 0.25) is 0 Å². The molecule has 0 N–H and O–H groups in total. The lowest BCUT2D eigenvalue weighted by atomic mass is 9.94. The number of amides is 1. The van der Waals surface area contributed by atoms with E-state index in [9.17, 15) is 18.0 Å². The molecule has 0 fully saturated rings. The predicted octanol–water partition coefficient (Wildman–Crippen LogP) is 4.85. The zero-order valence-corrected chi connectivity index (χ0v) is 16.2. The number of benzene rings is 1. The molecule has 2 aromatic heterocycles. The largest absolute Gasteiger partial charge is 0.408 e. The molecule has 3 heterocycles. The second kappa shape index (κ2) is 6.72. The minimum Gasteiger partial charge on any atom is -0.298 e. The number of alkyl halides is 3. The first-order valence-corrected chi connectivity index (χ1v) is 9.13. The molecule has 0 bridgehead atoms. The summed E-state index contributed by atoms with van der Waals surface area (Å²) in [6.07, 6.45) is 1.73. The van der Waals surface area contributed by atoms with Crippen LogP contribution in [0.5, 0.6) is 0 Å². The summed E-state index contributed by atoms with van der Waals surface area (Å²) in [5, 5.41) is 3.77. The fourth-order valence-corrected chi connectivity index (χ4v) is 3.84. The van der Waals surface area contributed by atoms with Crippen LogP contribution in [0.4, 0.5) is 18.9 Å². The highest BCUT2D eigenvalue weighted by atomic mass is 19.4. The topological polar surface area (TPSA) is 51.0 Å². The van der Waals surface area contributed by atoms with E-state index in [2.05, 4.69) is 10.1 Å². The van der Waals surface area contributed by atoms with E-state index >= 15 is 0 Å². The van der Waals surface area contributed by atoms with Crippen molar-refractivity contribution in [2.75, 3.05) is 4.90 Å². The van der Waals surface area contributed by atoms with Gasteiger partial charge < -0.3 is 0 Å². The molecular weight excluding hydrogens is 381 g/mol. The zero-order valence-electron chi connectivity index (χ0n) is 16.2. The van der Waals surface area contributed by atoms with Crippen molar-refractivity contribution in [3.05, 3.63) is 65.2 Å². The first-order valence-electron chi connectivity index (χ1n) is 9.13. The van der Waals surface area contributed by atoms with Gasteiger partial charge in [-0.15, -0.1) is 0 Å². The summed E-state index contributed by atoms with van der Waals surface area (Å²) in [5.74, 6) is -0.231. The first kappa shape index (κ1) is 19.2. The molecule has 29 heavy (non-hydrogen) atoms. The van der Waals surface area contributed by atoms with E-state index in [1.807, 2.05) is 39.0 Å². The smallest absolute Gasteiger partial charge is 0.298 e. The van der Waals surface area contributed by atoms with Gasteiger partial charge in [0.1, 0.15) is 6.54 Å². The van der Waals surface area contributed by atoms with E-state index in [4.69, 9.17) is 0 Å². The van der Waals surface area contributed by atoms with Crippen LogP contribution >= 0.6 is 0 Å². The Morgan fingerprint density at radius 1 is 1.07 bits per heavy atom. The Morgan fingerprint density at radius 3 is 2.52 bits per heavy atom. The number of pyridine rings is 1. The number of carbonyl (C=O) groups excluding carboxylic acids is 1. The Bertz CT molecular complexity index is 1100. The van der Waals surface area contributed by atoms with Crippen molar-refractivity contribution < 1.29 is 18.0 Å². The average Bonchev–Trinajstić information content (AvgIpc) is 3.16. The number of aryl methyl sites for hydroxylation is 2. The summed E-state index contributed by atoms with van der Waals surface area (Å²) < 4.78 is 38.7. The lowest BCUT2D eigenvalue weighted by molar-refractivity contribution is -0.142. The lowest BCUT2D eigenvalue weighted by Crippen LogP contribution is -2.26. The van der Waals surface area contributed by atoms with Crippen LogP contribution < -0.4 is 4.90 Å². The van der Waals surface area contributed by atoms with E-state index < -0.39 is 12.7 Å². The molecule has 8 heteroatoms. The van der Waals surface area contributed by atoms with Crippen molar-refractivity contribution in [2.45, 2.75) is 39.5 Å².